The molecular formula is C12H11FN2O2. The number of rotatable bonds is 4. The highest BCUT2D eigenvalue weighted by Crippen LogP contribution is 2.34. The molecule has 1 atom stereocenters. The molecule has 1 unspecified atom stereocenters. The molecule has 0 aliphatic heterocycles. The molecule has 0 bridgehead atoms. The molecule has 17 heavy (non-hydrogen) atoms. The van der Waals surface area contributed by atoms with Gasteiger partial charge in [0.2, 0.25) is 0 Å². The first kappa shape index (κ1) is 11.4. The number of benzene rings is 1. The van der Waals surface area contributed by atoms with Crippen LogP contribution in [-0.2, 0) is 4.79 Å². The summed E-state index contributed by atoms with van der Waals surface area (Å²) in [6.07, 6.45) is 1.70. The first-order chi connectivity index (χ1) is 8.11. The van der Waals surface area contributed by atoms with Gasteiger partial charge in [-0.3, -0.25) is 0 Å². The maximum atomic E-state index is 13.5. The van der Waals surface area contributed by atoms with Crippen LogP contribution in [0.1, 0.15) is 18.4 Å². The van der Waals surface area contributed by atoms with Crippen LogP contribution in [0.5, 0.6) is 0 Å². The Morgan fingerprint density at radius 2 is 2.29 bits per heavy atom. The van der Waals surface area contributed by atoms with Crippen molar-refractivity contribution in [2.45, 2.75) is 18.9 Å². The lowest BCUT2D eigenvalue weighted by atomic mass is 10.1. The molecule has 1 aliphatic carbocycles. The summed E-state index contributed by atoms with van der Waals surface area (Å²) in [6, 6.07) is 5.01. The van der Waals surface area contributed by atoms with Crippen molar-refractivity contribution in [2.75, 3.05) is 5.32 Å². The third kappa shape index (κ3) is 2.53. The van der Waals surface area contributed by atoms with E-state index >= 15 is 0 Å². The summed E-state index contributed by atoms with van der Waals surface area (Å²) in [7, 11) is 0. The minimum Gasteiger partial charge on any atom is -0.480 e. The Balaban J connectivity index is 2.17. The number of hydrogen-bond acceptors (Lipinski definition) is 3. The van der Waals surface area contributed by atoms with Crippen LogP contribution < -0.4 is 5.32 Å². The lowest BCUT2D eigenvalue weighted by Gasteiger charge is -2.15. The van der Waals surface area contributed by atoms with Crippen molar-refractivity contribution >= 4 is 11.7 Å². The number of nitriles is 1. The number of hydrogen-bond donors (Lipinski definition) is 2. The van der Waals surface area contributed by atoms with Crippen LogP contribution in [0.4, 0.5) is 10.1 Å². The zero-order chi connectivity index (χ0) is 12.4. The second kappa shape index (κ2) is 4.42. The topological polar surface area (TPSA) is 73.1 Å². The Bertz CT molecular complexity index is 492. The van der Waals surface area contributed by atoms with Gasteiger partial charge in [-0.25, -0.2) is 9.18 Å². The third-order valence-corrected chi connectivity index (χ3v) is 2.77. The standard InChI is InChI=1S/C12H11FN2O2/c13-9-5-7(6-14)1-4-10(9)15-11(12(16)17)8-2-3-8/h1,4-5,8,11,15H,2-3H2,(H,16,17). The molecule has 88 valence electrons. The van der Waals surface area contributed by atoms with Crippen LogP contribution in [0.2, 0.25) is 0 Å². The van der Waals surface area contributed by atoms with E-state index in [1.165, 1.54) is 12.1 Å². The number of anilines is 1. The summed E-state index contributed by atoms with van der Waals surface area (Å²) in [5.74, 6) is -1.50. The molecule has 2 rings (SSSR count). The molecule has 4 nitrogen and oxygen atoms in total. The van der Waals surface area contributed by atoms with Crippen LogP contribution in [0.15, 0.2) is 18.2 Å². The van der Waals surface area contributed by atoms with E-state index < -0.39 is 17.8 Å². The largest absolute Gasteiger partial charge is 0.480 e. The Morgan fingerprint density at radius 1 is 1.59 bits per heavy atom. The van der Waals surface area contributed by atoms with Gasteiger partial charge in [-0.1, -0.05) is 0 Å². The number of carbonyl (C=O) groups is 1. The van der Waals surface area contributed by atoms with Crippen molar-refractivity contribution in [3.8, 4) is 6.07 Å². The van der Waals surface area contributed by atoms with Crippen molar-refractivity contribution in [2.24, 2.45) is 5.92 Å². The highest BCUT2D eigenvalue weighted by molar-refractivity contribution is 5.78. The van der Waals surface area contributed by atoms with E-state index in [-0.39, 0.29) is 17.2 Å². The summed E-state index contributed by atoms with van der Waals surface area (Å²) in [6.45, 7) is 0. The first-order valence-electron chi connectivity index (χ1n) is 5.31. The molecule has 0 heterocycles. The molecule has 5 heteroatoms. The van der Waals surface area contributed by atoms with E-state index in [1.807, 2.05) is 6.07 Å². The minimum absolute atomic E-state index is 0.0718. The third-order valence-electron chi connectivity index (χ3n) is 2.77. The lowest BCUT2D eigenvalue weighted by molar-refractivity contribution is -0.138. The average Bonchev–Trinajstić information content (AvgIpc) is 3.10. The second-order valence-electron chi connectivity index (χ2n) is 4.10. The Morgan fingerprint density at radius 3 is 2.76 bits per heavy atom. The number of halogens is 1. The zero-order valence-corrected chi connectivity index (χ0v) is 8.98. The minimum atomic E-state index is -0.976. The van der Waals surface area contributed by atoms with E-state index in [2.05, 4.69) is 5.32 Å². The molecule has 0 saturated heterocycles. The van der Waals surface area contributed by atoms with Crippen LogP contribution in [0.25, 0.3) is 0 Å². The predicted molar refractivity (Wildman–Crippen MR) is 58.9 cm³/mol. The Kier molecular flexibility index (Phi) is 2.96. The second-order valence-corrected chi connectivity index (χ2v) is 4.10. The van der Waals surface area contributed by atoms with Gasteiger partial charge in [0.05, 0.1) is 17.3 Å². The number of nitrogens with one attached hydrogen (secondary N) is 1. The number of carboxylic acid groups (broad SMARTS) is 1. The Hall–Kier alpha value is -2.09. The number of carboxylic acids is 1. The lowest BCUT2D eigenvalue weighted by Crippen LogP contribution is -2.31. The van der Waals surface area contributed by atoms with Crippen LogP contribution >= 0.6 is 0 Å². The molecule has 1 aromatic carbocycles. The van der Waals surface area contributed by atoms with Crippen LogP contribution in [0, 0.1) is 23.1 Å². The SMILES string of the molecule is N#Cc1ccc(NC(C(=O)O)C2CC2)c(F)c1. The summed E-state index contributed by atoms with van der Waals surface area (Å²) >= 11 is 0. The van der Waals surface area contributed by atoms with E-state index in [0.717, 1.165) is 18.9 Å². The van der Waals surface area contributed by atoms with Gasteiger partial charge in [-0.2, -0.15) is 5.26 Å². The fraction of sp³-hybridized carbons (Fsp3) is 0.333. The molecule has 0 aromatic heterocycles. The molecule has 0 radical (unpaired) electrons. The van der Waals surface area contributed by atoms with Gasteiger partial charge in [0.1, 0.15) is 11.9 Å². The predicted octanol–water partition coefficient (Wildman–Crippen LogP) is 1.97. The van der Waals surface area contributed by atoms with Gasteiger partial charge < -0.3 is 10.4 Å². The molecule has 0 spiro atoms. The molecule has 2 N–H and O–H groups in total. The van der Waals surface area contributed by atoms with E-state index in [4.69, 9.17) is 10.4 Å². The summed E-state index contributed by atoms with van der Waals surface area (Å²) < 4.78 is 13.5. The fourth-order valence-corrected chi connectivity index (χ4v) is 1.68. The van der Waals surface area contributed by atoms with Gasteiger partial charge in [0.15, 0.2) is 0 Å². The molecule has 0 amide bonds. The van der Waals surface area contributed by atoms with Crippen molar-refractivity contribution in [3.05, 3.63) is 29.6 Å². The molecule has 1 saturated carbocycles. The monoisotopic (exact) mass is 234 g/mol. The van der Waals surface area contributed by atoms with E-state index in [0.29, 0.717) is 0 Å². The van der Waals surface area contributed by atoms with Gasteiger partial charge in [0.25, 0.3) is 0 Å². The fourth-order valence-electron chi connectivity index (χ4n) is 1.68. The smallest absolute Gasteiger partial charge is 0.326 e. The average molecular weight is 234 g/mol. The number of aliphatic carboxylic acids is 1. The van der Waals surface area contributed by atoms with Crippen LogP contribution in [0.3, 0.4) is 0 Å². The maximum absolute atomic E-state index is 13.5. The van der Waals surface area contributed by atoms with Crippen molar-refractivity contribution < 1.29 is 14.3 Å². The highest BCUT2D eigenvalue weighted by atomic mass is 19.1. The van der Waals surface area contributed by atoms with E-state index in [1.54, 1.807) is 0 Å². The van der Waals surface area contributed by atoms with Gasteiger partial charge in [-0.05, 0) is 37.0 Å². The van der Waals surface area contributed by atoms with Crippen LogP contribution in [-0.4, -0.2) is 17.1 Å². The van der Waals surface area contributed by atoms with Crippen molar-refractivity contribution in [3.63, 3.8) is 0 Å². The van der Waals surface area contributed by atoms with Crippen molar-refractivity contribution in [1.82, 2.24) is 0 Å². The van der Waals surface area contributed by atoms with Gasteiger partial charge in [0, 0.05) is 0 Å². The first-order valence-corrected chi connectivity index (χ1v) is 5.31. The number of nitrogens with zero attached hydrogens (tertiary/aromatic N) is 1. The van der Waals surface area contributed by atoms with Gasteiger partial charge in [-0.15, -0.1) is 0 Å². The maximum Gasteiger partial charge on any atom is 0.326 e. The summed E-state index contributed by atoms with van der Waals surface area (Å²) in [4.78, 5) is 11.0. The molecular weight excluding hydrogens is 223 g/mol. The molecule has 1 aliphatic rings. The molecule has 1 fully saturated rings. The zero-order valence-electron chi connectivity index (χ0n) is 8.98. The van der Waals surface area contributed by atoms with E-state index in [9.17, 15) is 9.18 Å². The molecule has 1 aromatic rings. The summed E-state index contributed by atoms with van der Waals surface area (Å²) in [5.41, 5.74) is 0.342. The Labute approximate surface area is 97.7 Å². The highest BCUT2D eigenvalue weighted by Gasteiger charge is 2.36. The van der Waals surface area contributed by atoms with Crippen molar-refractivity contribution in [1.29, 1.82) is 5.26 Å². The van der Waals surface area contributed by atoms with Gasteiger partial charge >= 0.3 is 5.97 Å². The normalized spacial score (nSPS) is 16.0. The quantitative estimate of drug-likeness (QED) is 0.835. The summed E-state index contributed by atoms with van der Waals surface area (Å²) in [5, 5.41) is 20.3.